The molecule has 0 radical (unpaired) electrons. The quantitative estimate of drug-likeness (QED) is 0.206. The van der Waals surface area contributed by atoms with Crippen molar-refractivity contribution in [2.24, 2.45) is 0 Å². The van der Waals surface area contributed by atoms with Gasteiger partial charge in [-0.2, -0.15) is 4.52 Å². The van der Waals surface area contributed by atoms with Crippen LogP contribution in [0.3, 0.4) is 0 Å². The second-order valence-corrected chi connectivity index (χ2v) is 8.96. The van der Waals surface area contributed by atoms with Gasteiger partial charge < -0.3 is 9.47 Å². The van der Waals surface area contributed by atoms with E-state index in [-0.39, 0.29) is 29.7 Å². The number of hydrogen-bond acceptors (Lipinski definition) is 9. The van der Waals surface area contributed by atoms with Crippen molar-refractivity contribution in [2.75, 3.05) is 20.3 Å². The Hall–Kier alpha value is -3.81. The number of non-ortho nitro benzene ring substituents is 1. The number of benzene rings is 2. The Kier molecular flexibility index (Phi) is 6.58. The number of ether oxygens (including phenoxy) is 2. The van der Waals surface area contributed by atoms with Gasteiger partial charge >= 0.3 is 0 Å². The van der Waals surface area contributed by atoms with Gasteiger partial charge in [0.05, 0.1) is 17.1 Å². The molecule has 176 valence electrons. The van der Waals surface area contributed by atoms with E-state index in [4.69, 9.17) is 21.1 Å². The van der Waals surface area contributed by atoms with Gasteiger partial charge in [0.15, 0.2) is 11.5 Å². The van der Waals surface area contributed by atoms with E-state index >= 15 is 0 Å². The second kappa shape index (κ2) is 9.59. The molecule has 0 aliphatic rings. The molecular formula is C20H17ClN6O6S. The number of hydrogen-bond donors (Lipinski definition) is 1. The van der Waals surface area contributed by atoms with Crippen LogP contribution in [-0.2, 0) is 10.0 Å². The first-order valence-electron chi connectivity index (χ1n) is 9.72. The molecule has 0 unspecified atom stereocenters. The van der Waals surface area contributed by atoms with Gasteiger partial charge in [0.2, 0.25) is 15.9 Å². The highest BCUT2D eigenvalue weighted by Gasteiger charge is 2.21. The van der Waals surface area contributed by atoms with Gasteiger partial charge in [-0.1, -0.05) is 23.7 Å². The van der Waals surface area contributed by atoms with Crippen LogP contribution in [0.2, 0.25) is 5.02 Å². The van der Waals surface area contributed by atoms with Crippen LogP contribution in [-0.4, -0.2) is 53.4 Å². The summed E-state index contributed by atoms with van der Waals surface area (Å²) in [5.41, 5.74) is 0.837. The van der Waals surface area contributed by atoms with E-state index in [0.717, 1.165) is 23.8 Å². The fourth-order valence-electron chi connectivity index (χ4n) is 3.01. The molecule has 0 fully saturated rings. The molecule has 4 rings (SSSR count). The van der Waals surface area contributed by atoms with Crippen molar-refractivity contribution in [3.8, 4) is 23.0 Å². The zero-order valence-electron chi connectivity index (χ0n) is 17.6. The third kappa shape index (κ3) is 4.90. The number of nitro groups is 1. The summed E-state index contributed by atoms with van der Waals surface area (Å²) in [6, 6.07) is 13.7. The Labute approximate surface area is 198 Å². The van der Waals surface area contributed by atoms with Crippen LogP contribution < -0.4 is 14.2 Å². The molecule has 4 aromatic rings. The summed E-state index contributed by atoms with van der Waals surface area (Å²) in [6.07, 6.45) is 0. The SMILES string of the molecule is COc1cccc(-c2nnc3ccc(OCCNS(=O)(=O)c4cc([N+](=O)[O-])ccc4Cl)nn23)c1. The average Bonchev–Trinajstić information content (AvgIpc) is 3.25. The molecule has 0 saturated carbocycles. The monoisotopic (exact) mass is 504 g/mol. The predicted octanol–water partition coefficient (Wildman–Crippen LogP) is 2.72. The van der Waals surface area contributed by atoms with Gasteiger partial charge in [-0.15, -0.1) is 15.3 Å². The summed E-state index contributed by atoms with van der Waals surface area (Å²) in [7, 11) is -2.54. The number of sulfonamides is 1. The summed E-state index contributed by atoms with van der Waals surface area (Å²) < 4.78 is 39.6. The highest BCUT2D eigenvalue weighted by Crippen LogP contribution is 2.26. The van der Waals surface area contributed by atoms with Gasteiger partial charge in [-0.3, -0.25) is 10.1 Å². The van der Waals surface area contributed by atoms with Crippen LogP contribution >= 0.6 is 11.6 Å². The summed E-state index contributed by atoms with van der Waals surface area (Å²) >= 11 is 5.92. The van der Waals surface area contributed by atoms with Crippen LogP contribution in [0.25, 0.3) is 17.0 Å². The van der Waals surface area contributed by atoms with E-state index in [1.165, 1.54) is 4.52 Å². The number of aromatic nitrogens is 4. The molecule has 0 amide bonds. The molecule has 0 spiro atoms. The van der Waals surface area contributed by atoms with Crippen LogP contribution in [0.5, 0.6) is 11.6 Å². The molecule has 2 aromatic carbocycles. The molecule has 0 atom stereocenters. The van der Waals surface area contributed by atoms with Gasteiger partial charge in [-0.05, 0) is 24.3 Å². The Balaban J connectivity index is 1.45. The zero-order chi connectivity index (χ0) is 24.3. The average molecular weight is 505 g/mol. The Morgan fingerprint density at radius 3 is 2.74 bits per heavy atom. The molecule has 2 heterocycles. The standard InChI is InChI=1S/C20H17ClN6O6S/c1-32-15-4-2-3-13(11-15)20-24-23-18-7-8-19(25-26(18)20)33-10-9-22-34(30,31)17-12-14(27(28)29)5-6-16(17)21/h2-8,11-12,22H,9-10H2,1H3. The maximum absolute atomic E-state index is 12.5. The molecular weight excluding hydrogens is 488 g/mol. The minimum atomic E-state index is -4.10. The van der Waals surface area contributed by atoms with Crippen molar-refractivity contribution in [3.63, 3.8) is 0 Å². The van der Waals surface area contributed by atoms with Crippen molar-refractivity contribution in [3.05, 3.63) is 69.7 Å². The molecule has 2 aromatic heterocycles. The number of methoxy groups -OCH3 is 1. The van der Waals surface area contributed by atoms with Crippen molar-refractivity contribution in [2.45, 2.75) is 4.90 Å². The van der Waals surface area contributed by atoms with Gasteiger partial charge in [-0.25, -0.2) is 13.1 Å². The van der Waals surface area contributed by atoms with Gasteiger partial charge in [0.1, 0.15) is 17.3 Å². The van der Waals surface area contributed by atoms with E-state index in [0.29, 0.717) is 17.2 Å². The van der Waals surface area contributed by atoms with E-state index in [1.54, 1.807) is 31.4 Å². The first kappa shape index (κ1) is 23.4. The number of halogens is 1. The molecule has 14 heteroatoms. The normalized spacial score (nSPS) is 11.5. The van der Waals surface area contributed by atoms with Crippen LogP contribution in [0.4, 0.5) is 5.69 Å². The van der Waals surface area contributed by atoms with E-state index in [2.05, 4.69) is 20.0 Å². The lowest BCUT2D eigenvalue weighted by Gasteiger charge is -2.09. The first-order chi connectivity index (χ1) is 16.3. The second-order valence-electron chi connectivity index (χ2n) is 6.82. The summed E-state index contributed by atoms with van der Waals surface area (Å²) in [5.74, 6) is 1.34. The molecule has 12 nitrogen and oxygen atoms in total. The number of nitrogens with one attached hydrogen (secondary N) is 1. The van der Waals surface area contributed by atoms with Crippen LogP contribution in [0.1, 0.15) is 0 Å². The van der Waals surface area contributed by atoms with Gasteiger partial charge in [0, 0.05) is 30.3 Å². The Morgan fingerprint density at radius 2 is 1.97 bits per heavy atom. The molecule has 1 N–H and O–H groups in total. The lowest BCUT2D eigenvalue weighted by atomic mass is 10.2. The largest absolute Gasteiger partial charge is 0.497 e. The minimum absolute atomic E-state index is 0.0686. The molecule has 0 saturated heterocycles. The number of fused-ring (bicyclic) bond motifs is 1. The molecule has 0 aliphatic carbocycles. The molecule has 0 aliphatic heterocycles. The highest BCUT2D eigenvalue weighted by molar-refractivity contribution is 7.89. The minimum Gasteiger partial charge on any atom is -0.497 e. The van der Waals surface area contributed by atoms with Crippen molar-refractivity contribution < 1.29 is 22.8 Å². The highest BCUT2D eigenvalue weighted by atomic mass is 35.5. The summed E-state index contributed by atoms with van der Waals surface area (Å²) in [4.78, 5) is 9.84. The maximum atomic E-state index is 12.5. The van der Waals surface area contributed by atoms with Crippen molar-refractivity contribution in [1.82, 2.24) is 24.5 Å². The lowest BCUT2D eigenvalue weighted by molar-refractivity contribution is -0.385. The summed E-state index contributed by atoms with van der Waals surface area (Å²) in [6.45, 7) is -0.201. The maximum Gasteiger partial charge on any atom is 0.270 e. The smallest absolute Gasteiger partial charge is 0.270 e. The number of rotatable bonds is 9. The fourth-order valence-corrected chi connectivity index (χ4v) is 4.54. The Bertz CT molecular complexity index is 1480. The van der Waals surface area contributed by atoms with E-state index < -0.39 is 19.8 Å². The van der Waals surface area contributed by atoms with E-state index in [1.807, 2.05) is 12.1 Å². The zero-order valence-corrected chi connectivity index (χ0v) is 19.2. The van der Waals surface area contributed by atoms with E-state index in [9.17, 15) is 18.5 Å². The van der Waals surface area contributed by atoms with Crippen LogP contribution in [0.15, 0.2) is 59.5 Å². The van der Waals surface area contributed by atoms with Crippen molar-refractivity contribution >= 4 is 33.0 Å². The predicted molar refractivity (Wildman–Crippen MR) is 122 cm³/mol. The first-order valence-corrected chi connectivity index (χ1v) is 11.6. The number of nitro benzene ring substituents is 1. The third-order valence-corrected chi connectivity index (χ3v) is 6.57. The lowest BCUT2D eigenvalue weighted by Crippen LogP contribution is -2.28. The number of nitrogens with zero attached hydrogens (tertiary/aromatic N) is 5. The van der Waals surface area contributed by atoms with Crippen LogP contribution in [0, 0.1) is 10.1 Å². The third-order valence-electron chi connectivity index (χ3n) is 4.63. The topological polar surface area (TPSA) is 151 Å². The molecule has 34 heavy (non-hydrogen) atoms. The van der Waals surface area contributed by atoms with Crippen molar-refractivity contribution in [1.29, 1.82) is 0 Å². The Morgan fingerprint density at radius 1 is 1.15 bits per heavy atom. The summed E-state index contributed by atoms with van der Waals surface area (Å²) in [5, 5.41) is 23.4. The van der Waals surface area contributed by atoms with Gasteiger partial charge in [0.25, 0.3) is 5.69 Å². The fraction of sp³-hybridized carbons (Fsp3) is 0.150. The molecule has 0 bridgehead atoms.